The fourth-order valence-corrected chi connectivity index (χ4v) is 3.03. The number of nitrogens with two attached hydrogens (primary N) is 1. The largest absolute Gasteiger partial charge is 0.480 e. The highest BCUT2D eigenvalue weighted by molar-refractivity contribution is 6.40. The molecule has 0 saturated carbocycles. The number of hydrogen-bond acceptors (Lipinski definition) is 5. The van der Waals surface area contributed by atoms with E-state index in [4.69, 9.17) is 15.8 Å². The van der Waals surface area contributed by atoms with E-state index in [1.165, 1.54) is 11.1 Å². The van der Waals surface area contributed by atoms with Crippen molar-refractivity contribution in [2.45, 2.75) is 50.6 Å². The molecule has 0 amide bonds. The van der Waals surface area contributed by atoms with E-state index in [2.05, 4.69) is 17.0 Å². The number of fused-ring (bicyclic) bond motifs is 1. The first-order valence-corrected chi connectivity index (χ1v) is 8.08. The number of benzene rings is 1. The average molecular weight is 320 g/mol. The minimum Gasteiger partial charge on any atom is -0.480 e. The third kappa shape index (κ3) is 5.04. The highest BCUT2D eigenvalue weighted by Gasteiger charge is 2.34. The number of nitrogens with zero attached hydrogens (tertiary/aromatic N) is 1. The summed E-state index contributed by atoms with van der Waals surface area (Å²) in [5, 5.41) is 27.1. The lowest BCUT2D eigenvalue weighted by Gasteiger charge is -2.27. The van der Waals surface area contributed by atoms with Gasteiger partial charge in [-0.1, -0.05) is 37.1 Å². The predicted octanol–water partition coefficient (Wildman–Crippen LogP) is 0.817. The van der Waals surface area contributed by atoms with E-state index in [9.17, 15) is 9.90 Å². The molecule has 1 aromatic carbocycles. The van der Waals surface area contributed by atoms with Crippen molar-refractivity contribution in [3.8, 4) is 0 Å². The number of aliphatic carboxylic acids is 1. The van der Waals surface area contributed by atoms with Crippen LogP contribution in [0, 0.1) is 0 Å². The Hall–Kier alpha value is -1.41. The number of carbonyl (C=O) groups is 1. The molecule has 1 aromatic rings. The Labute approximate surface area is 137 Å². The molecule has 7 heteroatoms. The number of rotatable bonds is 9. The number of hydrogen-bond donors (Lipinski definition) is 4. The summed E-state index contributed by atoms with van der Waals surface area (Å²) >= 11 is 0. The first kappa shape index (κ1) is 17.9. The van der Waals surface area contributed by atoms with Crippen molar-refractivity contribution < 1.29 is 19.9 Å². The van der Waals surface area contributed by atoms with Crippen LogP contribution in [0.1, 0.15) is 36.8 Å². The van der Waals surface area contributed by atoms with Crippen LogP contribution in [0.5, 0.6) is 0 Å². The summed E-state index contributed by atoms with van der Waals surface area (Å²) in [7, 11) is -1.34. The molecule has 0 aliphatic carbocycles. The van der Waals surface area contributed by atoms with Gasteiger partial charge in [0, 0.05) is 19.6 Å². The van der Waals surface area contributed by atoms with Gasteiger partial charge in [-0.25, -0.2) is 0 Å². The molecule has 1 atom stereocenters. The SMILES string of the molecule is NC(CCCCB(O)O)(CCN1Cc2ccccc2C1)C(=O)O. The lowest BCUT2D eigenvalue weighted by atomic mass is 9.81. The molecule has 0 saturated heterocycles. The zero-order valence-electron chi connectivity index (χ0n) is 13.3. The Morgan fingerprint density at radius 3 is 2.30 bits per heavy atom. The fourth-order valence-electron chi connectivity index (χ4n) is 3.03. The standard InChI is InChI=1S/C16H25BN2O4/c18-16(15(20)21,7-3-4-9-17(22)23)8-10-19-11-13-5-1-2-6-14(13)12-19/h1-2,5-6,22-23H,3-4,7-12,18H2,(H,20,21). The maximum absolute atomic E-state index is 11.5. The molecule has 5 N–H and O–H groups in total. The highest BCUT2D eigenvalue weighted by atomic mass is 16.4. The number of unbranched alkanes of at least 4 members (excludes halogenated alkanes) is 1. The van der Waals surface area contributed by atoms with Crippen LogP contribution in [0.3, 0.4) is 0 Å². The average Bonchev–Trinajstić information content (AvgIpc) is 2.92. The van der Waals surface area contributed by atoms with Crippen molar-refractivity contribution in [3.63, 3.8) is 0 Å². The van der Waals surface area contributed by atoms with Crippen molar-refractivity contribution in [1.82, 2.24) is 4.90 Å². The Morgan fingerprint density at radius 2 is 1.78 bits per heavy atom. The van der Waals surface area contributed by atoms with Crippen LogP contribution in [0.15, 0.2) is 24.3 Å². The Morgan fingerprint density at radius 1 is 1.17 bits per heavy atom. The second-order valence-corrected chi connectivity index (χ2v) is 6.42. The molecule has 126 valence electrons. The van der Waals surface area contributed by atoms with E-state index in [1.54, 1.807) is 0 Å². The van der Waals surface area contributed by atoms with E-state index < -0.39 is 18.6 Å². The third-order valence-corrected chi connectivity index (χ3v) is 4.54. The van der Waals surface area contributed by atoms with Crippen LogP contribution in [0.25, 0.3) is 0 Å². The van der Waals surface area contributed by atoms with Crippen LogP contribution >= 0.6 is 0 Å². The normalized spacial score (nSPS) is 16.8. The van der Waals surface area contributed by atoms with Gasteiger partial charge in [0.25, 0.3) is 0 Å². The summed E-state index contributed by atoms with van der Waals surface area (Å²) in [6.45, 7) is 2.31. The van der Waals surface area contributed by atoms with Gasteiger partial charge in [-0.15, -0.1) is 0 Å². The highest BCUT2D eigenvalue weighted by Crippen LogP contribution is 2.24. The van der Waals surface area contributed by atoms with E-state index >= 15 is 0 Å². The quantitative estimate of drug-likeness (QED) is 0.396. The zero-order chi connectivity index (χ0) is 16.9. The van der Waals surface area contributed by atoms with Crippen LogP contribution in [-0.4, -0.2) is 45.2 Å². The predicted molar refractivity (Wildman–Crippen MR) is 88.6 cm³/mol. The van der Waals surface area contributed by atoms with Crippen LogP contribution < -0.4 is 5.73 Å². The summed E-state index contributed by atoms with van der Waals surface area (Å²) in [5.41, 5.74) is 7.42. The van der Waals surface area contributed by atoms with Gasteiger partial charge in [0.2, 0.25) is 0 Å². The summed E-state index contributed by atoms with van der Waals surface area (Å²) in [6.07, 6.45) is 2.10. The van der Waals surface area contributed by atoms with E-state index in [1.807, 2.05) is 12.1 Å². The molecule has 0 radical (unpaired) electrons. The topological polar surface area (TPSA) is 107 Å². The van der Waals surface area contributed by atoms with Gasteiger partial charge in [0.1, 0.15) is 5.54 Å². The first-order valence-electron chi connectivity index (χ1n) is 8.08. The van der Waals surface area contributed by atoms with Gasteiger partial charge in [-0.2, -0.15) is 0 Å². The maximum atomic E-state index is 11.5. The molecule has 23 heavy (non-hydrogen) atoms. The molecule has 1 unspecified atom stereocenters. The van der Waals surface area contributed by atoms with Crippen LogP contribution in [0.4, 0.5) is 0 Å². The summed E-state index contributed by atoms with van der Waals surface area (Å²) in [4.78, 5) is 13.7. The van der Waals surface area contributed by atoms with Crippen molar-refractivity contribution in [2.24, 2.45) is 5.73 Å². The van der Waals surface area contributed by atoms with Crippen molar-refractivity contribution in [2.75, 3.05) is 6.54 Å². The molecule has 0 spiro atoms. The number of carboxylic acid groups (broad SMARTS) is 1. The molecule has 1 aliphatic rings. The molecule has 0 aromatic heterocycles. The third-order valence-electron chi connectivity index (χ3n) is 4.54. The molecular weight excluding hydrogens is 295 g/mol. The lowest BCUT2D eigenvalue weighted by molar-refractivity contribution is -0.144. The van der Waals surface area contributed by atoms with Gasteiger partial charge in [-0.3, -0.25) is 9.69 Å². The Balaban J connectivity index is 1.82. The van der Waals surface area contributed by atoms with Gasteiger partial charge in [0.15, 0.2) is 0 Å². The molecule has 2 rings (SSSR count). The van der Waals surface area contributed by atoms with Gasteiger partial charge in [-0.05, 0) is 30.3 Å². The van der Waals surface area contributed by atoms with E-state index in [-0.39, 0.29) is 6.32 Å². The van der Waals surface area contributed by atoms with Gasteiger partial charge < -0.3 is 20.9 Å². The number of carboxylic acids is 1. The summed E-state index contributed by atoms with van der Waals surface area (Å²) < 4.78 is 0. The Bertz CT molecular complexity index is 516. The van der Waals surface area contributed by atoms with Crippen molar-refractivity contribution in [1.29, 1.82) is 0 Å². The molecule has 0 bridgehead atoms. The van der Waals surface area contributed by atoms with Crippen molar-refractivity contribution >= 4 is 13.1 Å². The van der Waals surface area contributed by atoms with E-state index in [0.29, 0.717) is 32.2 Å². The summed E-state index contributed by atoms with van der Waals surface area (Å²) in [5.74, 6) is -0.987. The van der Waals surface area contributed by atoms with E-state index in [0.717, 1.165) is 13.1 Å². The minimum atomic E-state index is -1.34. The van der Waals surface area contributed by atoms with Gasteiger partial charge in [0.05, 0.1) is 0 Å². The fraction of sp³-hybridized carbons (Fsp3) is 0.562. The molecular formula is C16H25BN2O4. The zero-order valence-corrected chi connectivity index (χ0v) is 13.3. The van der Waals surface area contributed by atoms with Crippen LogP contribution in [-0.2, 0) is 17.9 Å². The monoisotopic (exact) mass is 320 g/mol. The second-order valence-electron chi connectivity index (χ2n) is 6.42. The van der Waals surface area contributed by atoms with Crippen molar-refractivity contribution in [3.05, 3.63) is 35.4 Å². The second kappa shape index (κ2) is 7.92. The van der Waals surface area contributed by atoms with Gasteiger partial charge >= 0.3 is 13.1 Å². The molecule has 6 nitrogen and oxygen atoms in total. The first-order chi connectivity index (χ1) is 10.9. The Kier molecular flexibility index (Phi) is 6.18. The lowest BCUT2D eigenvalue weighted by Crippen LogP contribution is -2.49. The molecule has 1 heterocycles. The summed E-state index contributed by atoms with van der Waals surface area (Å²) in [6, 6.07) is 8.23. The minimum absolute atomic E-state index is 0.247. The smallest absolute Gasteiger partial charge is 0.451 e. The van der Waals surface area contributed by atoms with Crippen LogP contribution in [0.2, 0.25) is 6.32 Å². The molecule has 0 fully saturated rings. The molecule has 1 aliphatic heterocycles. The maximum Gasteiger partial charge on any atom is 0.451 e.